The highest BCUT2D eigenvalue weighted by molar-refractivity contribution is 5.84. The summed E-state index contributed by atoms with van der Waals surface area (Å²) in [6.07, 6.45) is 2.24. The Kier molecular flexibility index (Phi) is 2.15. The molecule has 0 aliphatic carbocycles. The zero-order chi connectivity index (χ0) is 11.7. The van der Waals surface area contributed by atoms with Crippen LogP contribution in [0, 0.1) is 0 Å². The number of aromatic amines is 1. The molecule has 5 nitrogen and oxygen atoms in total. The van der Waals surface area contributed by atoms with Gasteiger partial charge in [-0.1, -0.05) is 0 Å². The third kappa shape index (κ3) is 1.67. The number of anilines is 1. The maximum Gasteiger partial charge on any atom is 0.211 e. The van der Waals surface area contributed by atoms with Crippen molar-refractivity contribution in [3.63, 3.8) is 0 Å². The molecule has 84 valence electrons. The van der Waals surface area contributed by atoms with Crippen molar-refractivity contribution in [2.75, 3.05) is 5.32 Å². The lowest BCUT2D eigenvalue weighted by molar-refractivity contribution is -0.105. The SMILES string of the molecule is O=CNc1ccc2[nH]c(-c3ccco3)nc2c1. The normalized spacial score (nSPS) is 10.6. The molecule has 0 saturated carbocycles. The first-order chi connectivity index (χ1) is 8.36. The van der Waals surface area contributed by atoms with Crippen LogP contribution in [0.15, 0.2) is 41.0 Å². The molecule has 0 spiro atoms. The van der Waals surface area contributed by atoms with E-state index in [0.717, 1.165) is 11.0 Å². The van der Waals surface area contributed by atoms with E-state index in [0.29, 0.717) is 23.7 Å². The van der Waals surface area contributed by atoms with Crippen molar-refractivity contribution >= 4 is 23.1 Å². The molecule has 0 radical (unpaired) electrons. The fraction of sp³-hybridized carbons (Fsp3) is 0. The minimum atomic E-state index is 0.640. The van der Waals surface area contributed by atoms with E-state index in [4.69, 9.17) is 4.42 Å². The molecule has 0 aliphatic rings. The quantitative estimate of drug-likeness (QED) is 0.675. The molecule has 17 heavy (non-hydrogen) atoms. The van der Waals surface area contributed by atoms with E-state index in [-0.39, 0.29) is 0 Å². The summed E-state index contributed by atoms with van der Waals surface area (Å²) < 4.78 is 5.26. The number of hydrogen-bond acceptors (Lipinski definition) is 3. The predicted molar refractivity (Wildman–Crippen MR) is 63.5 cm³/mol. The topological polar surface area (TPSA) is 70.9 Å². The number of fused-ring (bicyclic) bond motifs is 1. The van der Waals surface area contributed by atoms with Gasteiger partial charge in [-0.2, -0.15) is 0 Å². The molecular weight excluding hydrogens is 218 g/mol. The smallest absolute Gasteiger partial charge is 0.211 e. The third-order valence-electron chi connectivity index (χ3n) is 2.46. The molecule has 0 atom stereocenters. The molecule has 2 N–H and O–H groups in total. The van der Waals surface area contributed by atoms with Gasteiger partial charge < -0.3 is 14.7 Å². The number of nitrogens with one attached hydrogen (secondary N) is 2. The van der Waals surface area contributed by atoms with Crippen LogP contribution in [0.1, 0.15) is 0 Å². The zero-order valence-electron chi connectivity index (χ0n) is 8.81. The number of benzene rings is 1. The number of carbonyl (C=O) groups excluding carboxylic acids is 1. The van der Waals surface area contributed by atoms with Gasteiger partial charge in [-0.25, -0.2) is 4.98 Å². The molecule has 0 aliphatic heterocycles. The van der Waals surface area contributed by atoms with E-state index in [9.17, 15) is 4.79 Å². The maximum atomic E-state index is 10.3. The van der Waals surface area contributed by atoms with Crippen molar-refractivity contribution in [3.05, 3.63) is 36.6 Å². The summed E-state index contributed by atoms with van der Waals surface area (Å²) in [4.78, 5) is 17.9. The second kappa shape index (κ2) is 3.79. The highest BCUT2D eigenvalue weighted by Gasteiger charge is 2.07. The maximum absolute atomic E-state index is 10.3. The van der Waals surface area contributed by atoms with E-state index < -0.39 is 0 Å². The van der Waals surface area contributed by atoms with E-state index in [1.54, 1.807) is 18.4 Å². The Morgan fingerprint density at radius 1 is 1.35 bits per heavy atom. The van der Waals surface area contributed by atoms with E-state index in [1.807, 2.05) is 18.2 Å². The number of nitrogens with zero attached hydrogens (tertiary/aromatic N) is 1. The number of H-pyrrole nitrogens is 1. The zero-order valence-corrected chi connectivity index (χ0v) is 8.81. The van der Waals surface area contributed by atoms with Crippen LogP contribution in [0.25, 0.3) is 22.6 Å². The highest BCUT2D eigenvalue weighted by atomic mass is 16.3. The summed E-state index contributed by atoms with van der Waals surface area (Å²) >= 11 is 0. The average Bonchev–Trinajstić information content (AvgIpc) is 2.97. The van der Waals surface area contributed by atoms with Gasteiger partial charge in [0.1, 0.15) is 0 Å². The summed E-state index contributed by atoms with van der Waals surface area (Å²) in [6, 6.07) is 9.11. The van der Waals surface area contributed by atoms with Gasteiger partial charge in [0, 0.05) is 5.69 Å². The van der Waals surface area contributed by atoms with Gasteiger partial charge in [-0.05, 0) is 30.3 Å². The number of amides is 1. The van der Waals surface area contributed by atoms with Crippen LogP contribution < -0.4 is 5.32 Å². The first kappa shape index (κ1) is 9.65. The monoisotopic (exact) mass is 227 g/mol. The summed E-state index contributed by atoms with van der Waals surface area (Å²) in [5.41, 5.74) is 2.39. The molecule has 0 fully saturated rings. The first-order valence-electron chi connectivity index (χ1n) is 5.10. The van der Waals surface area contributed by atoms with Crippen LogP contribution in [0.4, 0.5) is 5.69 Å². The molecule has 2 heterocycles. The Morgan fingerprint density at radius 2 is 2.29 bits per heavy atom. The molecule has 3 aromatic rings. The van der Waals surface area contributed by atoms with Crippen LogP contribution in [0.5, 0.6) is 0 Å². The standard InChI is InChI=1S/C12H9N3O2/c16-7-13-8-3-4-9-10(6-8)15-12(14-9)11-2-1-5-17-11/h1-7H,(H,13,16)(H,14,15). The summed E-state index contributed by atoms with van der Waals surface area (Å²) in [5.74, 6) is 1.36. The molecule has 3 rings (SSSR count). The summed E-state index contributed by atoms with van der Waals surface area (Å²) in [6.45, 7) is 0. The van der Waals surface area contributed by atoms with Crippen molar-refractivity contribution in [1.82, 2.24) is 9.97 Å². The van der Waals surface area contributed by atoms with Crippen LogP contribution in [0.3, 0.4) is 0 Å². The van der Waals surface area contributed by atoms with E-state index in [1.165, 1.54) is 0 Å². The van der Waals surface area contributed by atoms with Crippen molar-refractivity contribution in [2.45, 2.75) is 0 Å². The molecule has 0 unspecified atom stereocenters. The van der Waals surface area contributed by atoms with Gasteiger partial charge in [-0.3, -0.25) is 4.79 Å². The van der Waals surface area contributed by atoms with Crippen molar-refractivity contribution in [2.24, 2.45) is 0 Å². The molecule has 1 aromatic carbocycles. The summed E-state index contributed by atoms with van der Waals surface area (Å²) in [7, 11) is 0. The summed E-state index contributed by atoms with van der Waals surface area (Å²) in [5, 5.41) is 2.59. The van der Waals surface area contributed by atoms with Crippen molar-refractivity contribution in [1.29, 1.82) is 0 Å². The minimum Gasteiger partial charge on any atom is -0.461 e. The Morgan fingerprint density at radius 3 is 3.06 bits per heavy atom. The largest absolute Gasteiger partial charge is 0.461 e. The minimum absolute atomic E-state index is 0.640. The Bertz CT molecular complexity index is 656. The van der Waals surface area contributed by atoms with Crippen LogP contribution in [-0.2, 0) is 4.79 Å². The molecule has 5 heteroatoms. The lowest BCUT2D eigenvalue weighted by Crippen LogP contribution is -1.92. The van der Waals surface area contributed by atoms with Crippen molar-refractivity contribution in [3.8, 4) is 11.6 Å². The average molecular weight is 227 g/mol. The molecular formula is C12H9N3O2. The van der Waals surface area contributed by atoms with Crippen LogP contribution >= 0.6 is 0 Å². The first-order valence-corrected chi connectivity index (χ1v) is 5.10. The molecule has 2 aromatic heterocycles. The Balaban J connectivity index is 2.09. The Hall–Kier alpha value is -2.56. The van der Waals surface area contributed by atoms with Crippen LogP contribution in [0.2, 0.25) is 0 Å². The van der Waals surface area contributed by atoms with Gasteiger partial charge in [0.05, 0.1) is 17.3 Å². The molecule has 0 bridgehead atoms. The van der Waals surface area contributed by atoms with Gasteiger partial charge in [0.2, 0.25) is 6.41 Å². The second-order valence-corrected chi connectivity index (χ2v) is 3.56. The number of carbonyl (C=O) groups is 1. The number of rotatable bonds is 3. The van der Waals surface area contributed by atoms with Gasteiger partial charge in [0.25, 0.3) is 0 Å². The Labute approximate surface area is 96.5 Å². The molecule has 0 saturated heterocycles. The number of furan rings is 1. The van der Waals surface area contributed by atoms with Gasteiger partial charge in [0.15, 0.2) is 11.6 Å². The lowest BCUT2D eigenvalue weighted by Gasteiger charge is -1.95. The fourth-order valence-corrected chi connectivity index (χ4v) is 1.69. The predicted octanol–water partition coefficient (Wildman–Crippen LogP) is 2.39. The number of imidazole rings is 1. The number of aromatic nitrogens is 2. The van der Waals surface area contributed by atoms with Crippen molar-refractivity contribution < 1.29 is 9.21 Å². The van der Waals surface area contributed by atoms with Gasteiger partial charge in [-0.15, -0.1) is 0 Å². The lowest BCUT2D eigenvalue weighted by atomic mass is 10.3. The second-order valence-electron chi connectivity index (χ2n) is 3.56. The molecule has 1 amide bonds. The highest BCUT2D eigenvalue weighted by Crippen LogP contribution is 2.22. The van der Waals surface area contributed by atoms with E-state index >= 15 is 0 Å². The third-order valence-corrected chi connectivity index (χ3v) is 2.46. The number of hydrogen-bond donors (Lipinski definition) is 2. The van der Waals surface area contributed by atoms with Crippen LogP contribution in [-0.4, -0.2) is 16.4 Å². The van der Waals surface area contributed by atoms with Gasteiger partial charge >= 0.3 is 0 Å². The van der Waals surface area contributed by atoms with E-state index in [2.05, 4.69) is 15.3 Å². The fourth-order valence-electron chi connectivity index (χ4n) is 1.69.